The van der Waals surface area contributed by atoms with Gasteiger partial charge in [-0.3, -0.25) is 9.80 Å². The first-order valence-corrected chi connectivity index (χ1v) is 16.1. The van der Waals surface area contributed by atoms with Gasteiger partial charge in [0.05, 0.1) is 6.10 Å². The number of nitrogens with zero attached hydrogens (tertiary/aromatic N) is 2. The molecule has 210 valence electrons. The van der Waals surface area contributed by atoms with Gasteiger partial charge < -0.3 is 10.2 Å². The number of aliphatic hydroxyl groups is 1. The van der Waals surface area contributed by atoms with Crippen LogP contribution in [0.1, 0.15) is 37.7 Å². The molecule has 0 aliphatic carbocycles. The summed E-state index contributed by atoms with van der Waals surface area (Å²) in [6.45, 7) is 1.78. The molecule has 2 N–H and O–H groups in total. The number of carboxylic acid groups (broad SMARTS) is 1. The van der Waals surface area contributed by atoms with Gasteiger partial charge in [0.1, 0.15) is 4.88 Å². The van der Waals surface area contributed by atoms with Crippen molar-refractivity contribution in [3.8, 4) is 22.3 Å². The molecule has 0 radical (unpaired) electrons. The van der Waals surface area contributed by atoms with Gasteiger partial charge in [-0.1, -0.05) is 66.1 Å². The summed E-state index contributed by atoms with van der Waals surface area (Å²) in [5.41, 5.74) is 4.10. The van der Waals surface area contributed by atoms with E-state index in [9.17, 15) is 14.7 Å². The van der Waals surface area contributed by atoms with Crippen molar-refractivity contribution in [3.05, 3.63) is 105 Å². The highest BCUT2D eigenvalue weighted by Crippen LogP contribution is 2.29. The van der Waals surface area contributed by atoms with Crippen LogP contribution in [0.25, 0.3) is 10.4 Å². The van der Waals surface area contributed by atoms with Crippen LogP contribution in [0.4, 0.5) is 4.79 Å². The van der Waals surface area contributed by atoms with Gasteiger partial charge in [-0.15, -0.1) is 22.7 Å². The number of thioether (sulfide) groups is 1. The van der Waals surface area contributed by atoms with Crippen LogP contribution in [0.15, 0.2) is 78.2 Å². The second-order valence-corrected chi connectivity index (χ2v) is 12.8. The second-order valence-electron chi connectivity index (χ2n) is 9.64. The summed E-state index contributed by atoms with van der Waals surface area (Å²) >= 11 is 4.22. The number of carboxylic acids is 1. The number of carbonyl (C=O) groups is 2. The molecular weight excluding hydrogens is 573 g/mol. The van der Waals surface area contributed by atoms with Crippen LogP contribution < -0.4 is 0 Å². The number of rotatable bonds is 10. The van der Waals surface area contributed by atoms with Gasteiger partial charge in [-0.25, -0.2) is 9.80 Å². The van der Waals surface area contributed by atoms with E-state index < -0.39 is 12.1 Å². The van der Waals surface area contributed by atoms with Crippen LogP contribution in [0.2, 0.25) is 0 Å². The third-order valence-electron chi connectivity index (χ3n) is 6.73. The third-order valence-corrected chi connectivity index (χ3v) is 9.67. The van der Waals surface area contributed by atoms with Crippen molar-refractivity contribution in [1.29, 1.82) is 0 Å². The lowest BCUT2D eigenvalue weighted by Gasteiger charge is -2.38. The monoisotopic (exact) mass is 602 g/mol. The fourth-order valence-electron chi connectivity index (χ4n) is 4.67. The minimum atomic E-state index is -0.932. The fraction of sp³-hybridized carbons (Fsp3) is 0.250. The molecule has 1 saturated heterocycles. The zero-order valence-corrected chi connectivity index (χ0v) is 24.8. The van der Waals surface area contributed by atoms with E-state index in [0.29, 0.717) is 43.0 Å². The minimum Gasteiger partial charge on any atom is -0.477 e. The number of hydrogen-bond donors (Lipinski definition) is 2. The van der Waals surface area contributed by atoms with Crippen LogP contribution in [-0.2, 0) is 12.8 Å². The number of benzene rings is 2. The molecule has 2 aromatic carbocycles. The first-order chi connectivity index (χ1) is 20.0. The first kappa shape index (κ1) is 29.1. The molecule has 3 heterocycles. The van der Waals surface area contributed by atoms with Gasteiger partial charge in [0.15, 0.2) is 0 Å². The second kappa shape index (κ2) is 14.0. The molecule has 0 spiro atoms. The van der Waals surface area contributed by atoms with Gasteiger partial charge in [0.25, 0.3) is 5.24 Å². The maximum atomic E-state index is 12.6. The smallest absolute Gasteiger partial charge is 0.345 e. The molecule has 0 bridgehead atoms. The van der Waals surface area contributed by atoms with Crippen molar-refractivity contribution in [3.63, 3.8) is 0 Å². The summed E-state index contributed by atoms with van der Waals surface area (Å²) in [5, 5.41) is 25.8. The van der Waals surface area contributed by atoms with E-state index in [1.807, 2.05) is 53.5 Å². The van der Waals surface area contributed by atoms with Gasteiger partial charge in [-0.2, -0.15) is 0 Å². The molecule has 1 unspecified atom stereocenters. The summed E-state index contributed by atoms with van der Waals surface area (Å²) < 4.78 is 0. The molecule has 1 fully saturated rings. The van der Waals surface area contributed by atoms with Crippen molar-refractivity contribution in [2.75, 3.05) is 25.4 Å². The van der Waals surface area contributed by atoms with E-state index in [4.69, 9.17) is 5.11 Å². The number of carbonyl (C=O) groups excluding carboxylic acids is 1. The van der Waals surface area contributed by atoms with Crippen molar-refractivity contribution in [1.82, 2.24) is 10.0 Å². The lowest BCUT2D eigenvalue weighted by atomic mass is 10.0. The minimum absolute atomic E-state index is 0.00641. The fourth-order valence-corrected chi connectivity index (χ4v) is 7.19. The number of amides is 1. The molecule has 2 aromatic heterocycles. The Labute approximate surface area is 252 Å². The molecule has 5 rings (SSSR count). The van der Waals surface area contributed by atoms with E-state index >= 15 is 0 Å². The standard InChI is InChI=1S/C32H30N2O4S3/c35-27(13-16-33-18-20-40-32(38)34(33)17-14-28-11-12-29(41-28)31(36)37)22-24-6-4-5-23(21-24)9-10-26-15-19-39-30(26)25-7-2-1-3-8-25/h1-8,11-12,15,19,21,27,35H,13-14,16-18,20,22H2,(H,36,37). The number of aliphatic hydroxyl groups excluding tert-OH is 1. The molecule has 1 amide bonds. The maximum Gasteiger partial charge on any atom is 0.345 e. The highest BCUT2D eigenvalue weighted by Gasteiger charge is 2.27. The molecule has 4 aromatic rings. The Balaban J connectivity index is 1.16. The SMILES string of the molecule is O=C(O)c1ccc(CCN2C(=O)SCCN2CCC(O)Cc2cccc(C#Cc3ccsc3-c3ccccc3)c2)s1. The average molecular weight is 603 g/mol. The van der Waals surface area contributed by atoms with Crippen LogP contribution in [0.3, 0.4) is 0 Å². The summed E-state index contributed by atoms with van der Waals surface area (Å²) in [6, 6.07) is 23.7. The van der Waals surface area contributed by atoms with E-state index in [2.05, 4.69) is 35.4 Å². The van der Waals surface area contributed by atoms with Crippen molar-refractivity contribution in [2.45, 2.75) is 25.4 Å². The summed E-state index contributed by atoms with van der Waals surface area (Å²) in [4.78, 5) is 26.2. The Kier molecular flexibility index (Phi) is 9.93. The Morgan fingerprint density at radius 3 is 2.66 bits per heavy atom. The average Bonchev–Trinajstić information content (AvgIpc) is 3.65. The first-order valence-electron chi connectivity index (χ1n) is 13.4. The molecule has 0 saturated carbocycles. The Morgan fingerprint density at radius 2 is 1.85 bits per heavy atom. The van der Waals surface area contributed by atoms with Crippen LogP contribution >= 0.6 is 34.4 Å². The molecule has 1 atom stereocenters. The number of hydrogen-bond acceptors (Lipinski definition) is 7. The molecular formula is C32H30N2O4S3. The van der Waals surface area contributed by atoms with E-state index in [1.54, 1.807) is 22.4 Å². The molecule has 6 nitrogen and oxygen atoms in total. The quantitative estimate of drug-likeness (QED) is 0.202. The number of thiophene rings is 2. The lowest BCUT2D eigenvalue weighted by molar-refractivity contribution is 0.0148. The van der Waals surface area contributed by atoms with Crippen LogP contribution in [0.5, 0.6) is 0 Å². The predicted molar refractivity (Wildman–Crippen MR) is 168 cm³/mol. The Morgan fingerprint density at radius 1 is 1.00 bits per heavy atom. The van der Waals surface area contributed by atoms with Crippen molar-refractivity contribution < 1.29 is 19.8 Å². The Bertz CT molecular complexity index is 1550. The van der Waals surface area contributed by atoms with E-state index in [0.717, 1.165) is 38.6 Å². The molecule has 41 heavy (non-hydrogen) atoms. The van der Waals surface area contributed by atoms with Gasteiger partial charge in [0, 0.05) is 52.7 Å². The van der Waals surface area contributed by atoms with E-state index in [1.165, 1.54) is 23.1 Å². The highest BCUT2D eigenvalue weighted by atomic mass is 32.2. The van der Waals surface area contributed by atoms with Crippen LogP contribution in [-0.4, -0.2) is 62.9 Å². The molecule has 9 heteroatoms. The van der Waals surface area contributed by atoms with E-state index in [-0.39, 0.29) is 5.24 Å². The van der Waals surface area contributed by atoms with Gasteiger partial charge >= 0.3 is 5.97 Å². The Hall–Kier alpha value is -3.39. The zero-order valence-electron chi connectivity index (χ0n) is 22.4. The largest absolute Gasteiger partial charge is 0.477 e. The number of hydrazine groups is 1. The topological polar surface area (TPSA) is 81.1 Å². The van der Waals surface area contributed by atoms with Crippen molar-refractivity contribution >= 4 is 45.6 Å². The maximum absolute atomic E-state index is 12.6. The van der Waals surface area contributed by atoms with Gasteiger partial charge in [-0.05, 0) is 59.7 Å². The molecule has 1 aliphatic heterocycles. The lowest BCUT2D eigenvalue weighted by Crippen LogP contribution is -2.51. The number of aromatic carboxylic acids is 1. The van der Waals surface area contributed by atoms with Gasteiger partial charge in [0.2, 0.25) is 0 Å². The molecule has 1 aliphatic rings. The zero-order chi connectivity index (χ0) is 28.6. The summed E-state index contributed by atoms with van der Waals surface area (Å²) in [6.07, 6.45) is 1.08. The normalized spacial score (nSPS) is 14.5. The highest BCUT2D eigenvalue weighted by molar-refractivity contribution is 8.13. The predicted octanol–water partition coefficient (Wildman–Crippen LogP) is 6.50. The summed E-state index contributed by atoms with van der Waals surface area (Å²) in [5.74, 6) is 6.39. The van der Waals surface area contributed by atoms with Crippen LogP contribution in [0, 0.1) is 11.8 Å². The third kappa shape index (κ3) is 7.88. The summed E-state index contributed by atoms with van der Waals surface area (Å²) in [7, 11) is 0. The van der Waals surface area contributed by atoms with Crippen molar-refractivity contribution in [2.24, 2.45) is 0 Å².